The highest BCUT2D eigenvalue weighted by Gasteiger charge is 2.23. The Bertz CT molecular complexity index is 1340. The molecule has 0 aliphatic rings. The Hall–Kier alpha value is -3.72. The van der Waals surface area contributed by atoms with E-state index in [1.54, 1.807) is 4.57 Å². The van der Waals surface area contributed by atoms with Gasteiger partial charge in [-0.25, -0.2) is 4.79 Å². The van der Waals surface area contributed by atoms with Crippen LogP contribution in [-0.2, 0) is 27.3 Å². The molecule has 2 heterocycles. The van der Waals surface area contributed by atoms with Crippen LogP contribution in [0.3, 0.4) is 0 Å². The van der Waals surface area contributed by atoms with Gasteiger partial charge in [-0.15, -0.1) is 0 Å². The first kappa shape index (κ1) is 22.5. The number of rotatable bonds is 8. The zero-order valence-electron chi connectivity index (χ0n) is 18.4. The average molecular weight is 464 g/mol. The van der Waals surface area contributed by atoms with Crippen molar-refractivity contribution in [3.05, 3.63) is 70.6 Å². The summed E-state index contributed by atoms with van der Waals surface area (Å²) in [4.78, 5) is 28.3. The van der Waals surface area contributed by atoms with Crippen molar-refractivity contribution in [2.45, 2.75) is 32.4 Å². The van der Waals surface area contributed by atoms with Crippen molar-refractivity contribution in [3.63, 3.8) is 0 Å². The molecule has 0 saturated heterocycles. The molecular weight excluding hydrogens is 438 g/mol. The lowest BCUT2D eigenvalue weighted by Gasteiger charge is -2.16. The van der Waals surface area contributed by atoms with Crippen LogP contribution in [0.5, 0.6) is 0 Å². The van der Waals surface area contributed by atoms with E-state index < -0.39 is 12.0 Å². The Morgan fingerprint density at radius 1 is 1.18 bits per heavy atom. The molecule has 2 aromatic carbocycles. The van der Waals surface area contributed by atoms with Gasteiger partial charge in [0.1, 0.15) is 6.04 Å². The maximum absolute atomic E-state index is 12.8. The second kappa shape index (κ2) is 9.83. The monoisotopic (exact) mass is 463 g/mol. The third-order valence-electron chi connectivity index (χ3n) is 5.55. The van der Waals surface area contributed by atoms with Crippen molar-refractivity contribution >= 4 is 35.0 Å². The van der Waals surface area contributed by atoms with E-state index in [-0.39, 0.29) is 12.3 Å². The molecule has 170 valence electrons. The summed E-state index contributed by atoms with van der Waals surface area (Å²) in [5.74, 6) is -0.104. The number of amides is 1. The number of H-pyrrole nitrogens is 2. The van der Waals surface area contributed by atoms with Crippen LogP contribution in [0.15, 0.2) is 54.7 Å². The fourth-order valence-electron chi connectivity index (χ4n) is 3.78. The van der Waals surface area contributed by atoms with Crippen molar-refractivity contribution in [1.82, 2.24) is 25.1 Å². The number of benzene rings is 2. The van der Waals surface area contributed by atoms with Gasteiger partial charge in [-0.2, -0.15) is 5.10 Å². The molecular formula is C24H25N5O3S. The molecule has 0 unspecified atom stereocenters. The van der Waals surface area contributed by atoms with Crippen LogP contribution in [0.1, 0.15) is 17.5 Å². The van der Waals surface area contributed by atoms with Gasteiger partial charge in [0.25, 0.3) is 0 Å². The molecule has 0 aliphatic carbocycles. The summed E-state index contributed by atoms with van der Waals surface area (Å²) in [6, 6.07) is 14.9. The van der Waals surface area contributed by atoms with Gasteiger partial charge >= 0.3 is 5.97 Å². The van der Waals surface area contributed by atoms with Gasteiger partial charge < -0.3 is 15.0 Å². The summed E-state index contributed by atoms with van der Waals surface area (Å²) >= 11 is 5.36. The number of carbonyl (C=O) groups is 2. The van der Waals surface area contributed by atoms with E-state index in [4.69, 9.17) is 17.0 Å². The van der Waals surface area contributed by atoms with E-state index in [1.165, 1.54) is 7.11 Å². The van der Waals surface area contributed by atoms with Gasteiger partial charge in [0, 0.05) is 42.0 Å². The van der Waals surface area contributed by atoms with Crippen molar-refractivity contribution in [2.75, 3.05) is 7.11 Å². The first-order chi connectivity index (χ1) is 16.0. The van der Waals surface area contributed by atoms with Crippen molar-refractivity contribution in [2.24, 2.45) is 0 Å². The molecule has 1 amide bonds. The lowest BCUT2D eigenvalue weighted by molar-refractivity contribution is -0.145. The molecule has 3 N–H and O–H groups in total. The van der Waals surface area contributed by atoms with Crippen LogP contribution >= 0.6 is 12.2 Å². The summed E-state index contributed by atoms with van der Waals surface area (Å²) in [5, 5.41) is 10.9. The molecule has 0 fully saturated rings. The predicted octanol–water partition coefficient (Wildman–Crippen LogP) is 3.69. The third-order valence-corrected chi connectivity index (χ3v) is 5.86. The maximum Gasteiger partial charge on any atom is 0.328 e. The molecule has 8 nitrogen and oxygen atoms in total. The summed E-state index contributed by atoms with van der Waals surface area (Å²) in [6.07, 6.45) is 2.31. The Labute approximate surface area is 196 Å². The largest absolute Gasteiger partial charge is 0.467 e. The number of esters is 1. The predicted molar refractivity (Wildman–Crippen MR) is 128 cm³/mol. The smallest absolute Gasteiger partial charge is 0.328 e. The van der Waals surface area contributed by atoms with Crippen molar-refractivity contribution in [3.8, 4) is 11.4 Å². The molecule has 0 aliphatic heterocycles. The van der Waals surface area contributed by atoms with Gasteiger partial charge in [0.15, 0.2) is 10.6 Å². The molecule has 4 rings (SSSR count). The number of nitrogens with one attached hydrogen (secondary N) is 3. The van der Waals surface area contributed by atoms with Gasteiger partial charge in [-0.3, -0.25) is 14.5 Å². The number of nitrogens with zero attached hydrogens (tertiary/aromatic N) is 2. The minimum atomic E-state index is -0.796. The van der Waals surface area contributed by atoms with E-state index in [2.05, 4.69) is 20.5 Å². The van der Waals surface area contributed by atoms with E-state index in [0.717, 1.165) is 27.6 Å². The zero-order chi connectivity index (χ0) is 23.4. The number of carbonyl (C=O) groups excluding carboxylic acids is 2. The Morgan fingerprint density at radius 2 is 1.94 bits per heavy atom. The fraction of sp³-hybridized carbons (Fsp3) is 0.250. The molecule has 1 atom stereocenters. The van der Waals surface area contributed by atoms with Crippen LogP contribution in [0.4, 0.5) is 0 Å². The SMILES string of the molecule is COC(=O)[C@H](Cc1c[nH]c2ccccc12)NC(=O)CCn1c(-c2ccc(C)cc2)n[nH]c1=S. The lowest BCUT2D eigenvalue weighted by atomic mass is 10.0. The van der Waals surface area contributed by atoms with Gasteiger partial charge in [-0.05, 0) is 30.8 Å². The van der Waals surface area contributed by atoms with E-state index in [9.17, 15) is 9.59 Å². The number of aromatic nitrogens is 4. The van der Waals surface area contributed by atoms with Gasteiger partial charge in [-0.1, -0.05) is 48.0 Å². The van der Waals surface area contributed by atoms with Crippen molar-refractivity contribution in [1.29, 1.82) is 0 Å². The number of aromatic amines is 2. The standard InChI is InChI=1S/C24H25N5O3S/c1-15-7-9-16(10-8-15)22-27-28-24(33)29(22)12-11-21(30)26-20(23(31)32-2)13-17-14-25-19-6-4-3-5-18(17)19/h3-10,14,20,25H,11-13H2,1-2H3,(H,26,30)(H,28,33)/t20-/m0/s1. The molecule has 0 saturated carbocycles. The first-order valence-corrected chi connectivity index (χ1v) is 11.0. The van der Waals surface area contributed by atoms with Gasteiger partial charge in [0.2, 0.25) is 5.91 Å². The fourth-order valence-corrected chi connectivity index (χ4v) is 4.01. The van der Waals surface area contributed by atoms with Crippen LogP contribution in [0, 0.1) is 11.7 Å². The maximum atomic E-state index is 12.8. The number of hydrogen-bond donors (Lipinski definition) is 3. The summed E-state index contributed by atoms with van der Waals surface area (Å²) < 4.78 is 7.15. The Morgan fingerprint density at radius 3 is 2.70 bits per heavy atom. The number of hydrogen-bond acceptors (Lipinski definition) is 5. The lowest BCUT2D eigenvalue weighted by Crippen LogP contribution is -2.43. The minimum Gasteiger partial charge on any atom is -0.467 e. The number of para-hydroxylation sites is 1. The number of aryl methyl sites for hydroxylation is 1. The Balaban J connectivity index is 1.46. The molecule has 0 spiro atoms. The van der Waals surface area contributed by atoms with Crippen LogP contribution < -0.4 is 5.32 Å². The number of fused-ring (bicyclic) bond motifs is 1. The highest BCUT2D eigenvalue weighted by molar-refractivity contribution is 7.71. The number of ether oxygens (including phenoxy) is 1. The zero-order valence-corrected chi connectivity index (χ0v) is 19.2. The van der Waals surface area contributed by atoms with E-state index >= 15 is 0 Å². The Kier molecular flexibility index (Phi) is 6.69. The van der Waals surface area contributed by atoms with Crippen LogP contribution in [0.25, 0.3) is 22.3 Å². The molecule has 0 radical (unpaired) electrons. The van der Waals surface area contributed by atoms with Crippen LogP contribution in [0.2, 0.25) is 0 Å². The highest BCUT2D eigenvalue weighted by atomic mass is 32.1. The summed E-state index contributed by atoms with van der Waals surface area (Å²) in [5.41, 5.74) is 3.95. The number of methoxy groups -OCH3 is 1. The summed E-state index contributed by atoms with van der Waals surface area (Å²) in [7, 11) is 1.31. The average Bonchev–Trinajstić information content (AvgIpc) is 3.40. The first-order valence-electron chi connectivity index (χ1n) is 10.6. The van der Waals surface area contributed by atoms with E-state index in [0.29, 0.717) is 23.6 Å². The minimum absolute atomic E-state index is 0.133. The second-order valence-electron chi connectivity index (χ2n) is 7.83. The van der Waals surface area contributed by atoms with Crippen LogP contribution in [-0.4, -0.2) is 44.8 Å². The normalized spacial score (nSPS) is 11.9. The summed E-state index contributed by atoms with van der Waals surface area (Å²) in [6.45, 7) is 2.34. The molecule has 33 heavy (non-hydrogen) atoms. The second-order valence-corrected chi connectivity index (χ2v) is 8.21. The topological polar surface area (TPSA) is 105 Å². The quantitative estimate of drug-likeness (QED) is 0.273. The molecule has 0 bridgehead atoms. The van der Waals surface area contributed by atoms with E-state index in [1.807, 2.05) is 61.7 Å². The molecule has 4 aromatic rings. The highest BCUT2D eigenvalue weighted by Crippen LogP contribution is 2.20. The van der Waals surface area contributed by atoms with Gasteiger partial charge in [0.05, 0.1) is 7.11 Å². The molecule has 2 aromatic heterocycles. The molecule has 9 heteroatoms. The van der Waals surface area contributed by atoms with Crippen molar-refractivity contribution < 1.29 is 14.3 Å². The third kappa shape index (κ3) is 5.04.